The van der Waals surface area contributed by atoms with Gasteiger partial charge in [-0.1, -0.05) is 35.9 Å². The Morgan fingerprint density at radius 3 is 2.64 bits per heavy atom. The number of halogens is 2. The van der Waals surface area contributed by atoms with Crippen LogP contribution in [0.1, 0.15) is 24.1 Å². The third-order valence-electron chi connectivity index (χ3n) is 4.99. The summed E-state index contributed by atoms with van der Waals surface area (Å²) in [6.45, 7) is 4.63. The van der Waals surface area contributed by atoms with Gasteiger partial charge in [0.15, 0.2) is 5.96 Å². The lowest BCUT2D eigenvalue weighted by Gasteiger charge is -2.31. The molecule has 0 unspecified atom stereocenters. The second kappa shape index (κ2) is 12.2. The Morgan fingerprint density at radius 2 is 1.93 bits per heavy atom. The van der Waals surface area contributed by atoms with Crippen molar-refractivity contribution in [2.24, 2.45) is 16.6 Å². The molecule has 152 valence electrons. The van der Waals surface area contributed by atoms with Gasteiger partial charge in [0.05, 0.1) is 0 Å². The highest BCUT2D eigenvalue weighted by molar-refractivity contribution is 14.0. The summed E-state index contributed by atoms with van der Waals surface area (Å²) in [6.07, 6.45) is 4.95. The third kappa shape index (κ3) is 7.56. The molecule has 1 aromatic carbocycles. The number of guanidine groups is 1. The first-order valence-electron chi connectivity index (χ1n) is 9.60. The molecule has 0 atom stereocenters. The van der Waals surface area contributed by atoms with Crippen molar-refractivity contribution in [1.82, 2.24) is 15.2 Å². The van der Waals surface area contributed by atoms with Crippen LogP contribution in [0.2, 0.25) is 5.02 Å². The number of rotatable bonds is 7. The van der Waals surface area contributed by atoms with Gasteiger partial charge in [-0.2, -0.15) is 0 Å². The van der Waals surface area contributed by atoms with Crippen LogP contribution in [0, 0.1) is 5.92 Å². The van der Waals surface area contributed by atoms with Crippen molar-refractivity contribution in [1.29, 1.82) is 0 Å². The van der Waals surface area contributed by atoms with Crippen molar-refractivity contribution < 1.29 is 0 Å². The number of nitrogens with zero attached hydrogens (tertiary/aromatic N) is 3. The smallest absolute Gasteiger partial charge is 0.188 e. The van der Waals surface area contributed by atoms with Crippen LogP contribution >= 0.6 is 35.6 Å². The van der Waals surface area contributed by atoms with Crippen LogP contribution < -0.4 is 11.1 Å². The van der Waals surface area contributed by atoms with Crippen LogP contribution in [0.5, 0.6) is 0 Å². The number of hydrogen-bond acceptors (Lipinski definition) is 3. The minimum Gasteiger partial charge on any atom is -0.370 e. The van der Waals surface area contributed by atoms with Gasteiger partial charge in [0.1, 0.15) is 0 Å². The number of pyridine rings is 1. The van der Waals surface area contributed by atoms with E-state index in [0.717, 1.165) is 62.7 Å². The zero-order valence-corrected chi connectivity index (χ0v) is 19.1. The predicted octanol–water partition coefficient (Wildman–Crippen LogP) is 3.71. The van der Waals surface area contributed by atoms with Crippen molar-refractivity contribution in [3.63, 3.8) is 0 Å². The molecule has 1 saturated heterocycles. The lowest BCUT2D eigenvalue weighted by molar-refractivity contribution is 0.180. The van der Waals surface area contributed by atoms with E-state index < -0.39 is 0 Å². The Morgan fingerprint density at radius 1 is 1.18 bits per heavy atom. The second-order valence-electron chi connectivity index (χ2n) is 7.03. The molecule has 0 saturated carbocycles. The topological polar surface area (TPSA) is 66.5 Å². The summed E-state index contributed by atoms with van der Waals surface area (Å²) in [5.74, 6) is 1.13. The highest BCUT2D eigenvalue weighted by Crippen LogP contribution is 2.22. The Hall–Kier alpha value is -1.38. The van der Waals surface area contributed by atoms with Gasteiger partial charge in [0, 0.05) is 43.0 Å². The number of hydrogen-bond donors (Lipinski definition) is 2. The van der Waals surface area contributed by atoms with Crippen LogP contribution in [-0.4, -0.2) is 42.0 Å². The average Bonchev–Trinajstić information content (AvgIpc) is 2.70. The molecule has 1 aromatic heterocycles. The quantitative estimate of drug-likeness (QED) is 0.337. The minimum atomic E-state index is 0. The van der Waals surface area contributed by atoms with Gasteiger partial charge in [-0.15, -0.1) is 24.0 Å². The van der Waals surface area contributed by atoms with Gasteiger partial charge in [0.2, 0.25) is 0 Å². The summed E-state index contributed by atoms with van der Waals surface area (Å²) in [7, 11) is 0. The van der Waals surface area contributed by atoms with Crippen molar-refractivity contribution >= 4 is 41.5 Å². The van der Waals surface area contributed by atoms with E-state index in [1.165, 1.54) is 5.56 Å². The van der Waals surface area contributed by atoms with Crippen molar-refractivity contribution in [3.05, 3.63) is 64.9 Å². The second-order valence-corrected chi connectivity index (χ2v) is 7.44. The molecule has 0 amide bonds. The predicted molar refractivity (Wildman–Crippen MR) is 127 cm³/mol. The maximum absolute atomic E-state index is 6.27. The van der Waals surface area contributed by atoms with Crippen molar-refractivity contribution in [3.8, 4) is 0 Å². The number of piperidine rings is 1. The van der Waals surface area contributed by atoms with Gasteiger partial charge in [-0.3, -0.25) is 14.9 Å². The Bertz CT molecular complexity index is 733. The van der Waals surface area contributed by atoms with Crippen LogP contribution in [0.25, 0.3) is 0 Å². The van der Waals surface area contributed by atoms with Gasteiger partial charge < -0.3 is 11.1 Å². The van der Waals surface area contributed by atoms with E-state index in [1.54, 1.807) is 0 Å². The van der Waals surface area contributed by atoms with E-state index in [1.807, 2.05) is 42.6 Å². The fraction of sp³-hybridized carbons (Fsp3) is 0.429. The molecule has 0 bridgehead atoms. The first-order valence-corrected chi connectivity index (χ1v) is 9.98. The zero-order chi connectivity index (χ0) is 18.9. The van der Waals surface area contributed by atoms with E-state index >= 15 is 0 Å². The minimum absolute atomic E-state index is 0. The first-order chi connectivity index (χ1) is 13.2. The lowest BCUT2D eigenvalue weighted by Crippen LogP contribution is -2.36. The molecule has 1 aliphatic heterocycles. The fourth-order valence-corrected chi connectivity index (χ4v) is 3.54. The maximum atomic E-state index is 6.27. The van der Waals surface area contributed by atoms with Gasteiger partial charge >= 0.3 is 0 Å². The van der Waals surface area contributed by atoms with Gasteiger partial charge in [-0.05, 0) is 55.6 Å². The van der Waals surface area contributed by atoms with E-state index in [-0.39, 0.29) is 24.0 Å². The molecule has 5 nitrogen and oxygen atoms in total. The van der Waals surface area contributed by atoms with Gasteiger partial charge in [-0.25, -0.2) is 0 Å². The summed E-state index contributed by atoms with van der Waals surface area (Å²) in [4.78, 5) is 11.3. The number of aliphatic imine (C=N–C) groups is 1. The zero-order valence-electron chi connectivity index (χ0n) is 16.1. The van der Waals surface area contributed by atoms with Crippen LogP contribution in [-0.2, 0) is 13.0 Å². The van der Waals surface area contributed by atoms with E-state index in [9.17, 15) is 0 Å². The number of likely N-dealkylation sites (tertiary alicyclic amines) is 1. The highest BCUT2D eigenvalue weighted by Gasteiger charge is 2.19. The standard InChI is InChI=1S/C21H28ClN5.HI/c22-20-7-2-1-5-18(20)16-27-13-9-17(10-14-27)15-26-21(23)25-12-8-19-6-3-4-11-24-19;/h1-7,11,17H,8-10,12-16H2,(H3,23,25,26);1H. The van der Waals surface area contributed by atoms with Crippen LogP contribution in [0.4, 0.5) is 0 Å². The first kappa shape index (κ1) is 22.9. The number of nitrogens with one attached hydrogen (secondary N) is 1. The fourth-order valence-electron chi connectivity index (χ4n) is 3.34. The summed E-state index contributed by atoms with van der Waals surface area (Å²) in [6, 6.07) is 14.0. The number of aromatic nitrogens is 1. The monoisotopic (exact) mass is 513 g/mol. The van der Waals surface area contributed by atoms with Crippen molar-refractivity contribution in [2.45, 2.75) is 25.8 Å². The highest BCUT2D eigenvalue weighted by atomic mass is 127. The molecule has 3 N–H and O–H groups in total. The Balaban J connectivity index is 0.00000280. The molecule has 0 aliphatic carbocycles. The molecule has 1 aliphatic rings. The lowest BCUT2D eigenvalue weighted by atomic mass is 9.96. The molecular formula is C21H29ClIN5. The molecule has 7 heteroatoms. The summed E-state index contributed by atoms with van der Waals surface area (Å²) >= 11 is 6.27. The largest absolute Gasteiger partial charge is 0.370 e. The molecule has 1 fully saturated rings. The average molecular weight is 514 g/mol. The molecule has 2 aromatic rings. The van der Waals surface area contributed by atoms with Gasteiger partial charge in [0.25, 0.3) is 0 Å². The number of nitrogens with two attached hydrogens (primary N) is 1. The Labute approximate surface area is 189 Å². The molecule has 28 heavy (non-hydrogen) atoms. The maximum Gasteiger partial charge on any atom is 0.188 e. The molecule has 0 spiro atoms. The molecule has 0 radical (unpaired) electrons. The Kier molecular flexibility index (Phi) is 10.0. The molecule has 2 heterocycles. The summed E-state index contributed by atoms with van der Waals surface area (Å²) in [5, 5.41) is 4.04. The summed E-state index contributed by atoms with van der Waals surface area (Å²) in [5.41, 5.74) is 8.26. The van der Waals surface area contributed by atoms with E-state index in [0.29, 0.717) is 11.9 Å². The van der Waals surface area contributed by atoms with Crippen molar-refractivity contribution in [2.75, 3.05) is 26.2 Å². The van der Waals surface area contributed by atoms with Crippen LogP contribution in [0.15, 0.2) is 53.7 Å². The molecular weight excluding hydrogens is 485 g/mol. The molecule has 3 rings (SSSR count). The van der Waals surface area contributed by atoms with E-state index in [2.05, 4.69) is 26.3 Å². The summed E-state index contributed by atoms with van der Waals surface area (Å²) < 4.78 is 0. The number of benzene rings is 1. The SMILES string of the molecule is I.NC(=NCC1CCN(Cc2ccccc2Cl)CC1)NCCc1ccccn1. The van der Waals surface area contributed by atoms with Crippen LogP contribution in [0.3, 0.4) is 0 Å². The normalized spacial score (nSPS) is 15.8. The van der Waals surface area contributed by atoms with E-state index in [4.69, 9.17) is 17.3 Å². The third-order valence-corrected chi connectivity index (χ3v) is 5.36.